The Kier molecular flexibility index (Phi) is 1.84. The van der Waals surface area contributed by atoms with Crippen molar-refractivity contribution in [1.82, 2.24) is 0 Å². The normalized spacial score (nSPS) is 58.9. The maximum Gasteiger partial charge on any atom is 0.312 e. The number of aliphatic hydroxyl groups is 2. The van der Waals surface area contributed by atoms with Gasteiger partial charge in [0.15, 0.2) is 0 Å². The average Bonchev–Trinajstić information content (AvgIpc) is 2.59. The first-order chi connectivity index (χ1) is 7.49. The Bertz CT molecular complexity index is 355. The Morgan fingerprint density at radius 1 is 1.50 bits per heavy atom. The number of esters is 1. The first-order valence-electron chi connectivity index (χ1n) is 6.05. The minimum atomic E-state index is -0.945. The zero-order valence-corrected chi connectivity index (χ0v) is 9.64. The highest BCUT2D eigenvalue weighted by Gasteiger charge is 2.85. The third kappa shape index (κ3) is 0.843. The zero-order valence-electron chi connectivity index (χ0n) is 9.64. The largest absolute Gasteiger partial charge is 0.461 e. The number of carbonyl (C=O) groups excluding carboxylic acids is 1. The van der Waals surface area contributed by atoms with Crippen LogP contribution in [0.25, 0.3) is 0 Å². The first-order valence-corrected chi connectivity index (χ1v) is 6.05. The van der Waals surface area contributed by atoms with Gasteiger partial charge in [0.1, 0.15) is 6.10 Å². The van der Waals surface area contributed by atoms with Crippen LogP contribution in [-0.2, 0) is 9.53 Å². The quantitative estimate of drug-likeness (QED) is 0.637. The second-order valence-corrected chi connectivity index (χ2v) is 5.70. The molecule has 0 bridgehead atoms. The molecule has 1 spiro atoms. The summed E-state index contributed by atoms with van der Waals surface area (Å²) in [7, 11) is 0. The third-order valence-corrected chi connectivity index (χ3v) is 5.39. The van der Waals surface area contributed by atoms with Crippen LogP contribution in [0.4, 0.5) is 0 Å². The molecular weight excluding hydrogens is 208 g/mol. The molecule has 16 heavy (non-hydrogen) atoms. The van der Waals surface area contributed by atoms with Crippen molar-refractivity contribution in [3.8, 4) is 0 Å². The predicted molar refractivity (Wildman–Crippen MR) is 55.4 cm³/mol. The van der Waals surface area contributed by atoms with E-state index >= 15 is 0 Å². The van der Waals surface area contributed by atoms with Gasteiger partial charge in [-0.2, -0.15) is 0 Å². The van der Waals surface area contributed by atoms with Crippen molar-refractivity contribution < 1.29 is 19.7 Å². The van der Waals surface area contributed by atoms with Gasteiger partial charge in [-0.1, -0.05) is 13.8 Å². The van der Waals surface area contributed by atoms with Gasteiger partial charge in [-0.3, -0.25) is 4.79 Å². The third-order valence-electron chi connectivity index (χ3n) is 5.39. The van der Waals surface area contributed by atoms with E-state index in [9.17, 15) is 15.0 Å². The van der Waals surface area contributed by atoms with E-state index in [2.05, 4.69) is 13.8 Å². The predicted octanol–water partition coefficient (Wildman–Crippen LogP) is 0.460. The van der Waals surface area contributed by atoms with Gasteiger partial charge in [0.2, 0.25) is 0 Å². The standard InChI is InChI=1S/C12H18O4/c1-3-11(2)10-12(11)5-4-6(13)8(14)7(12)9(15)16-10/h6-8,10,13-14H,3-5H2,1-2H3/t6-,7+,8-,10-,11+,12+/m0/s1. The highest BCUT2D eigenvalue weighted by atomic mass is 16.6. The van der Waals surface area contributed by atoms with Gasteiger partial charge in [-0.05, 0) is 19.3 Å². The lowest BCUT2D eigenvalue weighted by Gasteiger charge is -2.37. The molecule has 0 radical (unpaired) electrons. The van der Waals surface area contributed by atoms with E-state index in [1.54, 1.807) is 0 Å². The Labute approximate surface area is 94.6 Å². The van der Waals surface area contributed by atoms with Crippen molar-refractivity contribution in [2.45, 2.75) is 51.4 Å². The highest BCUT2D eigenvalue weighted by Crippen LogP contribution is 2.78. The molecule has 2 saturated carbocycles. The first kappa shape index (κ1) is 10.5. The fraction of sp³-hybridized carbons (Fsp3) is 0.917. The summed E-state index contributed by atoms with van der Waals surface area (Å²) < 4.78 is 5.39. The van der Waals surface area contributed by atoms with Gasteiger partial charge in [-0.15, -0.1) is 0 Å². The lowest BCUT2D eigenvalue weighted by molar-refractivity contribution is -0.158. The van der Waals surface area contributed by atoms with Crippen LogP contribution in [0, 0.1) is 16.7 Å². The van der Waals surface area contributed by atoms with Crippen molar-refractivity contribution in [2.75, 3.05) is 0 Å². The van der Waals surface area contributed by atoms with E-state index in [1.807, 2.05) is 0 Å². The molecule has 0 aromatic rings. The number of aliphatic hydroxyl groups excluding tert-OH is 2. The number of rotatable bonds is 1. The van der Waals surface area contributed by atoms with Crippen LogP contribution in [0.5, 0.6) is 0 Å². The van der Waals surface area contributed by atoms with Crippen LogP contribution in [0.2, 0.25) is 0 Å². The minimum absolute atomic E-state index is 0.00664. The summed E-state index contributed by atoms with van der Waals surface area (Å²) in [6, 6.07) is 0. The Balaban J connectivity index is 2.00. The summed E-state index contributed by atoms with van der Waals surface area (Å²) >= 11 is 0. The maximum absolute atomic E-state index is 11.7. The lowest BCUT2D eigenvalue weighted by Crippen LogP contribution is -2.47. The molecule has 0 amide bonds. The van der Waals surface area contributed by atoms with Crippen molar-refractivity contribution in [3.05, 3.63) is 0 Å². The Morgan fingerprint density at radius 2 is 2.19 bits per heavy atom. The van der Waals surface area contributed by atoms with Gasteiger partial charge >= 0.3 is 5.97 Å². The monoisotopic (exact) mass is 226 g/mol. The van der Waals surface area contributed by atoms with Crippen molar-refractivity contribution in [2.24, 2.45) is 16.7 Å². The summed E-state index contributed by atoms with van der Waals surface area (Å²) in [5, 5.41) is 19.6. The van der Waals surface area contributed by atoms with Gasteiger partial charge in [0.05, 0.1) is 18.1 Å². The summed E-state index contributed by atoms with van der Waals surface area (Å²) in [6.07, 6.45) is 0.550. The molecule has 0 aromatic heterocycles. The molecule has 4 nitrogen and oxygen atoms in total. The lowest BCUT2D eigenvalue weighted by atomic mass is 9.69. The fourth-order valence-corrected chi connectivity index (χ4v) is 4.21. The summed E-state index contributed by atoms with van der Waals surface area (Å²) in [6.45, 7) is 4.22. The average molecular weight is 226 g/mol. The second kappa shape index (κ2) is 2.79. The zero-order chi connectivity index (χ0) is 11.7. The molecule has 2 aliphatic carbocycles. The van der Waals surface area contributed by atoms with Gasteiger partial charge < -0.3 is 14.9 Å². The molecule has 3 fully saturated rings. The van der Waals surface area contributed by atoms with E-state index in [1.165, 1.54) is 0 Å². The molecule has 0 aromatic carbocycles. The summed E-state index contributed by atoms with van der Waals surface area (Å²) in [5.41, 5.74) is -0.190. The topological polar surface area (TPSA) is 66.8 Å². The van der Waals surface area contributed by atoms with Crippen LogP contribution in [0.3, 0.4) is 0 Å². The molecule has 1 saturated heterocycles. The molecule has 3 rings (SSSR count). The van der Waals surface area contributed by atoms with Gasteiger partial charge in [0, 0.05) is 10.8 Å². The van der Waals surface area contributed by atoms with Crippen LogP contribution < -0.4 is 0 Å². The molecule has 90 valence electrons. The molecular formula is C12H18O4. The molecule has 6 atom stereocenters. The Morgan fingerprint density at radius 3 is 2.81 bits per heavy atom. The van der Waals surface area contributed by atoms with Crippen molar-refractivity contribution in [3.63, 3.8) is 0 Å². The molecule has 1 heterocycles. The molecule has 4 heteroatoms. The van der Waals surface area contributed by atoms with Crippen LogP contribution in [0.1, 0.15) is 33.1 Å². The van der Waals surface area contributed by atoms with E-state index < -0.39 is 18.1 Å². The second-order valence-electron chi connectivity index (χ2n) is 5.70. The molecule has 2 N–H and O–H groups in total. The highest BCUT2D eigenvalue weighted by molar-refractivity contribution is 5.80. The van der Waals surface area contributed by atoms with E-state index in [4.69, 9.17) is 4.74 Å². The van der Waals surface area contributed by atoms with Crippen molar-refractivity contribution in [1.29, 1.82) is 0 Å². The number of hydrogen-bond acceptors (Lipinski definition) is 4. The number of hydrogen-bond donors (Lipinski definition) is 2. The number of ether oxygens (including phenoxy) is 1. The molecule has 0 unspecified atom stereocenters. The van der Waals surface area contributed by atoms with E-state index in [0.717, 1.165) is 12.8 Å². The van der Waals surface area contributed by atoms with Gasteiger partial charge in [-0.25, -0.2) is 0 Å². The summed E-state index contributed by atoms with van der Waals surface area (Å²) in [5.74, 6) is -0.826. The number of carbonyl (C=O) groups is 1. The SMILES string of the molecule is CC[C@]1(C)[C@@H]2OC(=O)[C@H]3[C@@H](O)[C@@H](O)CC[C@]231. The van der Waals surface area contributed by atoms with Crippen molar-refractivity contribution >= 4 is 5.97 Å². The van der Waals surface area contributed by atoms with Crippen LogP contribution in [-0.4, -0.2) is 34.5 Å². The van der Waals surface area contributed by atoms with E-state index in [-0.39, 0.29) is 22.9 Å². The minimum Gasteiger partial charge on any atom is -0.461 e. The Hall–Kier alpha value is -0.610. The molecule has 3 aliphatic rings. The molecule has 1 aliphatic heterocycles. The fourth-order valence-electron chi connectivity index (χ4n) is 4.21. The van der Waals surface area contributed by atoms with Crippen LogP contribution >= 0.6 is 0 Å². The van der Waals surface area contributed by atoms with Crippen LogP contribution in [0.15, 0.2) is 0 Å². The van der Waals surface area contributed by atoms with Gasteiger partial charge in [0.25, 0.3) is 0 Å². The maximum atomic E-state index is 11.7. The summed E-state index contributed by atoms with van der Waals surface area (Å²) in [4.78, 5) is 11.7. The smallest absolute Gasteiger partial charge is 0.312 e. The van der Waals surface area contributed by atoms with E-state index in [0.29, 0.717) is 6.42 Å².